The van der Waals surface area contributed by atoms with Gasteiger partial charge in [0, 0.05) is 6.21 Å². The lowest BCUT2D eigenvalue weighted by Crippen LogP contribution is -2.05. The first-order valence-corrected chi connectivity index (χ1v) is 2.85. The molecule has 0 aromatic carbocycles. The van der Waals surface area contributed by atoms with Crippen LogP contribution < -0.4 is 0 Å². The Morgan fingerprint density at radius 1 is 1.62 bits per heavy atom. The van der Waals surface area contributed by atoms with Crippen LogP contribution in [0.15, 0.2) is 9.98 Å². The van der Waals surface area contributed by atoms with Gasteiger partial charge in [0.15, 0.2) is 0 Å². The molecule has 0 fully saturated rings. The van der Waals surface area contributed by atoms with Gasteiger partial charge >= 0.3 is 0 Å². The van der Waals surface area contributed by atoms with Gasteiger partial charge < -0.3 is 0 Å². The summed E-state index contributed by atoms with van der Waals surface area (Å²) in [5.74, 6) is 0.543. The van der Waals surface area contributed by atoms with Crippen LogP contribution in [-0.2, 0) is 0 Å². The lowest BCUT2D eigenvalue weighted by Gasteiger charge is -1.96. The average Bonchev–Trinajstić information content (AvgIpc) is 2.12. The summed E-state index contributed by atoms with van der Waals surface area (Å²) in [5.41, 5.74) is 1.13. The van der Waals surface area contributed by atoms with E-state index in [2.05, 4.69) is 23.8 Å². The molecule has 0 aliphatic carbocycles. The molecule has 8 heavy (non-hydrogen) atoms. The molecule has 0 N–H and O–H groups in total. The van der Waals surface area contributed by atoms with Gasteiger partial charge in [-0.1, -0.05) is 13.8 Å². The van der Waals surface area contributed by atoms with Crippen LogP contribution >= 0.6 is 0 Å². The van der Waals surface area contributed by atoms with Crippen LogP contribution in [0.4, 0.5) is 0 Å². The van der Waals surface area contributed by atoms with Gasteiger partial charge in [-0.3, -0.25) is 9.98 Å². The fourth-order valence-electron chi connectivity index (χ4n) is 0.629. The molecule has 0 atom stereocenters. The van der Waals surface area contributed by atoms with Gasteiger partial charge in [-0.15, -0.1) is 0 Å². The minimum absolute atomic E-state index is 0.543. The molecule has 0 aromatic heterocycles. The Hall–Kier alpha value is -0.660. The standard InChI is InChI=1S/C6H10N2/c1-5(2)6-3-7-4-8-6/h3,5H,4H2,1-2H3. The SMILES string of the molecule is CC(C)C1=NCN=C1. The highest BCUT2D eigenvalue weighted by Gasteiger charge is 2.03. The lowest BCUT2D eigenvalue weighted by molar-refractivity contribution is 0.891. The topological polar surface area (TPSA) is 24.7 Å². The second-order valence-corrected chi connectivity index (χ2v) is 2.19. The van der Waals surface area contributed by atoms with Gasteiger partial charge in [0.25, 0.3) is 0 Å². The summed E-state index contributed by atoms with van der Waals surface area (Å²) < 4.78 is 0. The largest absolute Gasteiger partial charge is 0.268 e. The predicted octanol–water partition coefficient (Wildman–Crippen LogP) is 1.13. The Kier molecular flexibility index (Phi) is 1.42. The maximum Gasteiger partial charge on any atom is 0.129 e. The summed E-state index contributed by atoms with van der Waals surface area (Å²) in [5, 5.41) is 0. The molecule has 1 rings (SSSR count). The van der Waals surface area contributed by atoms with Crippen molar-refractivity contribution in [3.05, 3.63) is 0 Å². The fraction of sp³-hybridized carbons (Fsp3) is 0.667. The van der Waals surface area contributed by atoms with Crippen LogP contribution in [0, 0.1) is 5.92 Å². The molecule has 44 valence electrons. The summed E-state index contributed by atoms with van der Waals surface area (Å²) in [6.07, 6.45) is 1.85. The third-order valence-corrected chi connectivity index (χ3v) is 1.15. The second kappa shape index (κ2) is 2.07. The van der Waals surface area contributed by atoms with Gasteiger partial charge in [0.05, 0.1) is 5.71 Å². The maximum atomic E-state index is 4.13. The van der Waals surface area contributed by atoms with Crippen molar-refractivity contribution >= 4 is 11.9 Å². The van der Waals surface area contributed by atoms with Crippen LogP contribution in [0.5, 0.6) is 0 Å². The Balaban J connectivity index is 2.58. The number of nitrogens with zero attached hydrogens (tertiary/aromatic N) is 2. The second-order valence-electron chi connectivity index (χ2n) is 2.19. The summed E-state index contributed by atoms with van der Waals surface area (Å²) in [6, 6.07) is 0. The molecule has 0 saturated heterocycles. The number of hydrogen-bond acceptors (Lipinski definition) is 2. The zero-order valence-corrected chi connectivity index (χ0v) is 5.26. The van der Waals surface area contributed by atoms with E-state index in [1.165, 1.54) is 0 Å². The van der Waals surface area contributed by atoms with Crippen molar-refractivity contribution in [1.29, 1.82) is 0 Å². The van der Waals surface area contributed by atoms with Crippen LogP contribution in [-0.4, -0.2) is 18.6 Å². The molecular formula is C6H10N2. The van der Waals surface area contributed by atoms with Crippen molar-refractivity contribution in [2.75, 3.05) is 6.67 Å². The summed E-state index contributed by atoms with van der Waals surface area (Å²) in [4.78, 5) is 8.09. The molecule has 0 bridgehead atoms. The molecule has 0 amide bonds. The van der Waals surface area contributed by atoms with E-state index < -0.39 is 0 Å². The molecule has 0 spiro atoms. The van der Waals surface area contributed by atoms with Gasteiger partial charge in [-0.2, -0.15) is 0 Å². The van der Waals surface area contributed by atoms with Crippen LogP contribution in [0.3, 0.4) is 0 Å². The van der Waals surface area contributed by atoms with Gasteiger partial charge in [-0.25, -0.2) is 0 Å². The first-order valence-electron chi connectivity index (χ1n) is 2.85. The predicted molar refractivity (Wildman–Crippen MR) is 35.6 cm³/mol. The average molecular weight is 110 g/mol. The summed E-state index contributed by atoms with van der Waals surface area (Å²) in [6.45, 7) is 4.89. The minimum Gasteiger partial charge on any atom is -0.268 e. The van der Waals surface area contributed by atoms with E-state index in [9.17, 15) is 0 Å². The van der Waals surface area contributed by atoms with E-state index in [1.807, 2.05) is 6.21 Å². The summed E-state index contributed by atoms with van der Waals surface area (Å²) >= 11 is 0. The van der Waals surface area contributed by atoms with E-state index in [0.717, 1.165) is 5.71 Å². The van der Waals surface area contributed by atoms with Crippen molar-refractivity contribution in [3.63, 3.8) is 0 Å². The van der Waals surface area contributed by atoms with E-state index in [-0.39, 0.29) is 0 Å². The molecule has 1 aliphatic rings. The molecule has 1 aliphatic heterocycles. The lowest BCUT2D eigenvalue weighted by atomic mass is 10.1. The highest BCUT2D eigenvalue weighted by molar-refractivity contribution is 6.32. The smallest absolute Gasteiger partial charge is 0.129 e. The highest BCUT2D eigenvalue weighted by atomic mass is 15.0. The van der Waals surface area contributed by atoms with Crippen molar-refractivity contribution < 1.29 is 0 Å². The maximum absolute atomic E-state index is 4.13. The van der Waals surface area contributed by atoms with Crippen molar-refractivity contribution in [2.45, 2.75) is 13.8 Å². The molecule has 2 heteroatoms. The van der Waals surface area contributed by atoms with E-state index in [4.69, 9.17) is 0 Å². The van der Waals surface area contributed by atoms with E-state index in [0.29, 0.717) is 12.6 Å². The van der Waals surface area contributed by atoms with E-state index >= 15 is 0 Å². The fourth-order valence-corrected chi connectivity index (χ4v) is 0.629. The molecule has 0 unspecified atom stereocenters. The number of hydrogen-bond donors (Lipinski definition) is 0. The molecule has 0 saturated carbocycles. The normalized spacial score (nSPS) is 17.6. The van der Waals surface area contributed by atoms with Crippen molar-refractivity contribution in [2.24, 2.45) is 15.9 Å². The zero-order chi connectivity index (χ0) is 5.98. The van der Waals surface area contributed by atoms with Crippen LogP contribution in [0.1, 0.15) is 13.8 Å². The number of rotatable bonds is 1. The Labute approximate surface area is 49.3 Å². The Bertz CT molecular complexity index is 133. The highest BCUT2D eigenvalue weighted by Crippen LogP contribution is 1.98. The quantitative estimate of drug-likeness (QED) is 0.483. The molecule has 1 heterocycles. The number of aliphatic imine (C=N–C) groups is 2. The zero-order valence-electron chi connectivity index (χ0n) is 5.26. The third kappa shape index (κ3) is 0.941. The minimum atomic E-state index is 0.543. The van der Waals surface area contributed by atoms with Gasteiger partial charge in [-0.05, 0) is 5.92 Å². The van der Waals surface area contributed by atoms with E-state index in [1.54, 1.807) is 0 Å². The van der Waals surface area contributed by atoms with Crippen molar-refractivity contribution in [3.8, 4) is 0 Å². The molecular weight excluding hydrogens is 100 g/mol. The first-order chi connectivity index (χ1) is 3.80. The Morgan fingerprint density at radius 2 is 2.38 bits per heavy atom. The van der Waals surface area contributed by atoms with Gasteiger partial charge in [0.1, 0.15) is 6.67 Å². The molecule has 0 aromatic rings. The third-order valence-electron chi connectivity index (χ3n) is 1.15. The van der Waals surface area contributed by atoms with Crippen LogP contribution in [0.2, 0.25) is 0 Å². The van der Waals surface area contributed by atoms with Gasteiger partial charge in [0.2, 0.25) is 0 Å². The van der Waals surface area contributed by atoms with Crippen LogP contribution in [0.25, 0.3) is 0 Å². The van der Waals surface area contributed by atoms with Crippen molar-refractivity contribution in [1.82, 2.24) is 0 Å². The first kappa shape index (κ1) is 5.48. The summed E-state index contributed by atoms with van der Waals surface area (Å²) in [7, 11) is 0. The molecule has 0 radical (unpaired) electrons. The molecule has 2 nitrogen and oxygen atoms in total. The monoisotopic (exact) mass is 110 g/mol. The Morgan fingerprint density at radius 3 is 2.62 bits per heavy atom.